The summed E-state index contributed by atoms with van der Waals surface area (Å²) in [5, 5.41) is 21.3. The number of anilines is 1. The second-order valence-corrected chi connectivity index (χ2v) is 10.8. The lowest BCUT2D eigenvalue weighted by atomic mass is 10.0. The molecule has 0 aliphatic heterocycles. The zero-order valence-corrected chi connectivity index (χ0v) is 19.2. The largest absolute Gasteiger partial charge is 0.490 e. The van der Waals surface area contributed by atoms with E-state index in [1.165, 1.54) is 0 Å². The van der Waals surface area contributed by atoms with Gasteiger partial charge in [-0.15, -0.1) is 0 Å². The Hall–Kier alpha value is -1.43. The Balaban J connectivity index is 2.26. The van der Waals surface area contributed by atoms with Crippen LogP contribution in [0.1, 0.15) is 6.92 Å². The number of alkyl halides is 1. The van der Waals surface area contributed by atoms with Crippen LogP contribution in [-0.2, 0) is 37.3 Å². The topological polar surface area (TPSA) is 279 Å². The minimum Gasteiger partial charge on any atom is -0.382 e. The monoisotopic (exact) mass is 541 g/mol. The van der Waals surface area contributed by atoms with E-state index in [9.17, 15) is 28.8 Å². The molecule has 33 heavy (non-hydrogen) atoms. The first-order valence-corrected chi connectivity index (χ1v) is 12.7. The van der Waals surface area contributed by atoms with Gasteiger partial charge in [-0.2, -0.15) is 8.62 Å². The van der Waals surface area contributed by atoms with Crippen molar-refractivity contribution in [3.05, 3.63) is 12.7 Å². The summed E-state index contributed by atoms with van der Waals surface area (Å²) in [4.78, 5) is 46.9. The molecule has 0 bridgehead atoms. The molecule has 0 aliphatic carbocycles. The Bertz CT molecular complexity index is 1160. The quantitative estimate of drug-likeness (QED) is 0.169. The van der Waals surface area contributed by atoms with Crippen molar-refractivity contribution in [1.29, 1.82) is 0 Å². The van der Waals surface area contributed by atoms with Crippen LogP contribution in [0.4, 0.5) is 10.2 Å². The van der Waals surface area contributed by atoms with Gasteiger partial charge in [-0.25, -0.2) is 33.0 Å². The van der Waals surface area contributed by atoms with Gasteiger partial charge >= 0.3 is 23.5 Å². The summed E-state index contributed by atoms with van der Waals surface area (Å²) in [5.41, 5.74) is 2.84. The van der Waals surface area contributed by atoms with Crippen molar-refractivity contribution in [2.24, 2.45) is 0 Å². The average molecular weight is 541 g/mol. The van der Waals surface area contributed by atoms with E-state index in [4.69, 9.17) is 20.4 Å². The third kappa shape index (κ3) is 6.58. The molecule has 188 valence electrons. The van der Waals surface area contributed by atoms with Gasteiger partial charge in [0.2, 0.25) is 0 Å². The fourth-order valence-electron chi connectivity index (χ4n) is 2.45. The maximum Gasteiger partial charge on any atom is 0.490 e. The van der Waals surface area contributed by atoms with E-state index in [0.717, 1.165) is 24.1 Å². The number of imidazole rings is 1. The number of nitrogens with zero attached hydrogens (tertiary/aromatic N) is 4. The highest BCUT2D eigenvalue weighted by molar-refractivity contribution is 7.66. The van der Waals surface area contributed by atoms with Crippen molar-refractivity contribution in [2.45, 2.75) is 24.6 Å². The number of rotatable bonds is 11. The Morgan fingerprint density at radius 1 is 1.15 bits per heavy atom. The number of aliphatic hydroxyl groups excluding tert-OH is 1. The maximum atomic E-state index is 15.3. The number of phosphoric ester groups is 1. The summed E-state index contributed by atoms with van der Waals surface area (Å²) >= 11 is 0. The molecule has 0 aromatic carbocycles. The SMILES string of the molecule is CO[C@](F)(COP(=O)(O)OP(=O)(O)OP(=O)(O)O)[C@@H](O)[C@@](C)(O)n1cnc2c(N)ncnc21. The maximum absolute atomic E-state index is 15.3. The van der Waals surface area contributed by atoms with Gasteiger partial charge in [0.05, 0.1) is 6.33 Å². The summed E-state index contributed by atoms with van der Waals surface area (Å²) in [5.74, 6) is -3.60. The summed E-state index contributed by atoms with van der Waals surface area (Å²) in [6.07, 6.45) is -0.694. The molecule has 2 heterocycles. The number of aliphatic hydroxyl groups is 2. The van der Waals surface area contributed by atoms with Gasteiger partial charge in [0.15, 0.2) is 23.3 Å². The van der Waals surface area contributed by atoms with Gasteiger partial charge in [-0.3, -0.25) is 9.09 Å². The molecule has 2 aromatic heterocycles. The summed E-state index contributed by atoms with van der Waals surface area (Å²) in [6.45, 7) is -0.830. The molecule has 0 amide bonds. The predicted molar refractivity (Wildman–Crippen MR) is 102 cm³/mol. The Kier molecular flexibility index (Phi) is 7.85. The molecule has 8 N–H and O–H groups in total. The second kappa shape index (κ2) is 9.31. The van der Waals surface area contributed by atoms with Gasteiger partial charge in [-0.1, -0.05) is 0 Å². The van der Waals surface area contributed by atoms with Crippen molar-refractivity contribution >= 4 is 40.4 Å². The van der Waals surface area contributed by atoms with Crippen LogP contribution in [0.5, 0.6) is 0 Å². The number of nitrogen functional groups attached to an aromatic ring is 1. The number of aromatic nitrogens is 4. The van der Waals surface area contributed by atoms with Crippen LogP contribution >= 0.6 is 23.5 Å². The molecule has 0 aliphatic rings. The van der Waals surface area contributed by atoms with Crippen LogP contribution in [0.2, 0.25) is 0 Å². The van der Waals surface area contributed by atoms with Crippen molar-refractivity contribution < 1.29 is 65.8 Å². The van der Waals surface area contributed by atoms with E-state index in [0.29, 0.717) is 7.11 Å². The van der Waals surface area contributed by atoms with Gasteiger partial charge in [0, 0.05) is 7.11 Å². The Labute approximate surface area is 183 Å². The molecular weight excluding hydrogens is 522 g/mol. The third-order valence-corrected chi connectivity index (χ3v) is 7.74. The highest BCUT2D eigenvalue weighted by atomic mass is 31.3. The minimum atomic E-state index is -5.87. The molecule has 0 radical (unpaired) electrons. The number of nitrogens with two attached hydrogens (primary N) is 1. The van der Waals surface area contributed by atoms with Crippen LogP contribution in [0.25, 0.3) is 11.2 Å². The molecule has 0 saturated heterocycles. The molecule has 2 aromatic rings. The van der Waals surface area contributed by atoms with Crippen LogP contribution in [0, 0.1) is 0 Å². The first-order valence-electron chi connectivity index (χ1n) is 8.20. The molecule has 2 unspecified atom stereocenters. The van der Waals surface area contributed by atoms with Crippen LogP contribution in [0.3, 0.4) is 0 Å². The molecule has 22 heteroatoms. The molecule has 5 atom stereocenters. The van der Waals surface area contributed by atoms with E-state index in [1.54, 1.807) is 0 Å². The number of methoxy groups -OCH3 is 1. The molecule has 0 saturated carbocycles. The number of halogens is 1. The van der Waals surface area contributed by atoms with Gasteiger partial charge < -0.3 is 40.3 Å². The van der Waals surface area contributed by atoms with E-state index in [1.807, 2.05) is 0 Å². The normalized spacial score (nSPS) is 21.0. The third-order valence-electron chi connectivity index (χ3n) is 3.96. The lowest BCUT2D eigenvalue weighted by Crippen LogP contribution is -2.57. The number of hydrogen-bond donors (Lipinski definition) is 7. The van der Waals surface area contributed by atoms with Crippen molar-refractivity contribution in [3.63, 3.8) is 0 Å². The smallest absolute Gasteiger partial charge is 0.382 e. The van der Waals surface area contributed by atoms with E-state index in [2.05, 4.69) is 32.8 Å². The van der Waals surface area contributed by atoms with E-state index >= 15 is 4.39 Å². The van der Waals surface area contributed by atoms with E-state index < -0.39 is 47.8 Å². The molecule has 18 nitrogen and oxygen atoms in total. The van der Waals surface area contributed by atoms with Crippen molar-refractivity contribution in [3.8, 4) is 0 Å². The molecule has 0 spiro atoms. The van der Waals surface area contributed by atoms with Crippen LogP contribution < -0.4 is 5.73 Å². The van der Waals surface area contributed by atoms with Gasteiger partial charge in [0.1, 0.15) is 18.5 Å². The first-order chi connectivity index (χ1) is 14.8. The summed E-state index contributed by atoms with van der Waals surface area (Å²) in [7, 11) is -16.6. The zero-order chi connectivity index (χ0) is 25.5. The number of phosphoric acid groups is 3. The number of ether oxygens (including phenoxy) is 1. The predicted octanol–water partition coefficient (Wildman–Crippen LogP) is -0.910. The van der Waals surface area contributed by atoms with Gasteiger partial charge in [-0.05, 0) is 6.92 Å². The lowest BCUT2D eigenvalue weighted by molar-refractivity contribution is -0.271. The van der Waals surface area contributed by atoms with Crippen LogP contribution in [0.15, 0.2) is 12.7 Å². The van der Waals surface area contributed by atoms with E-state index in [-0.39, 0.29) is 17.0 Å². The Morgan fingerprint density at radius 3 is 2.30 bits per heavy atom. The Morgan fingerprint density at radius 2 is 1.76 bits per heavy atom. The molecular formula is C11H19FN5O13P3. The fraction of sp³-hybridized carbons (Fsp3) is 0.545. The fourth-order valence-corrected chi connectivity index (χ4v) is 5.48. The second-order valence-electron chi connectivity index (χ2n) is 6.40. The van der Waals surface area contributed by atoms with Gasteiger partial charge in [0.25, 0.3) is 5.85 Å². The minimum absolute atomic E-state index is 0.0138. The summed E-state index contributed by atoms with van der Waals surface area (Å²) < 4.78 is 65.5. The number of hydrogen-bond acceptors (Lipinski definition) is 13. The molecule has 2 rings (SSSR count). The highest BCUT2D eigenvalue weighted by Gasteiger charge is 2.53. The first kappa shape index (κ1) is 27.8. The number of fused-ring (bicyclic) bond motifs is 1. The van der Waals surface area contributed by atoms with Crippen molar-refractivity contribution in [1.82, 2.24) is 19.5 Å². The highest BCUT2D eigenvalue weighted by Crippen LogP contribution is 2.66. The lowest BCUT2D eigenvalue weighted by Gasteiger charge is -2.38. The molecule has 0 fully saturated rings. The van der Waals surface area contributed by atoms with Crippen molar-refractivity contribution in [2.75, 3.05) is 19.5 Å². The summed E-state index contributed by atoms with van der Waals surface area (Å²) in [6, 6.07) is 0. The zero-order valence-electron chi connectivity index (χ0n) is 16.6. The van der Waals surface area contributed by atoms with Crippen LogP contribution in [-0.4, -0.2) is 75.0 Å². The standard InChI is InChI=1S/C11H19FN5O13P3/c1-10(19,17-5-16-6-7(13)14-4-15-8(6)17)9(18)11(12,27-2)3-28-32(23,24)30-33(25,26)29-31(20,21)22/h4-5,9,18-19H,3H2,1-2H3,(H,23,24)(H,25,26)(H2,13,14,15)(H2,20,21,22)/t9-,10+,11+/m0/s1. The average Bonchev–Trinajstić information content (AvgIpc) is 3.09.